The summed E-state index contributed by atoms with van der Waals surface area (Å²) in [5.74, 6) is -3.05. The van der Waals surface area contributed by atoms with Crippen molar-refractivity contribution in [3.63, 3.8) is 0 Å². The number of nitro groups is 1. The lowest BCUT2D eigenvalue weighted by atomic mass is 10.1. The van der Waals surface area contributed by atoms with Gasteiger partial charge >= 0.3 is 11.7 Å². The first-order valence-electron chi connectivity index (χ1n) is 7.29. The zero-order valence-electron chi connectivity index (χ0n) is 14.2. The topological polar surface area (TPSA) is 139 Å². The molecular weight excluding hydrogens is 344 g/mol. The maximum absolute atomic E-state index is 12.1. The van der Waals surface area contributed by atoms with Crippen LogP contribution in [0.5, 0.6) is 0 Å². The number of hydrogen-bond acceptors (Lipinski definition) is 7. The van der Waals surface area contributed by atoms with E-state index >= 15 is 0 Å². The highest BCUT2D eigenvalue weighted by Crippen LogP contribution is 2.20. The lowest BCUT2D eigenvalue weighted by Gasteiger charge is -2.10. The van der Waals surface area contributed by atoms with Crippen LogP contribution in [-0.4, -0.2) is 34.1 Å². The van der Waals surface area contributed by atoms with Gasteiger partial charge in [-0.15, -0.1) is 0 Å². The second kappa shape index (κ2) is 9.02. The number of nitrogens with one attached hydrogen (secondary N) is 1. The monoisotopic (exact) mass is 362 g/mol. The predicted octanol–water partition coefficient (Wildman–Crippen LogP) is 2.87. The minimum atomic E-state index is -0.995. The summed E-state index contributed by atoms with van der Waals surface area (Å²) < 4.78 is 4.62. The van der Waals surface area contributed by atoms with E-state index in [0.29, 0.717) is 0 Å². The molecule has 0 atom stereocenters. The highest BCUT2D eigenvalue weighted by molar-refractivity contribution is 6.01. The fourth-order valence-corrected chi connectivity index (χ4v) is 1.98. The maximum Gasteiger partial charge on any atom is 0.339 e. The van der Waals surface area contributed by atoms with Crippen molar-refractivity contribution < 1.29 is 29.5 Å². The summed E-state index contributed by atoms with van der Waals surface area (Å²) in [7, 11) is 1.20. The smallest absolute Gasteiger partial charge is 0.339 e. The summed E-state index contributed by atoms with van der Waals surface area (Å²) in [5.41, 5.74) is -0.470. The van der Waals surface area contributed by atoms with Gasteiger partial charge in [-0.3, -0.25) is 14.9 Å². The Kier molecular flexibility index (Phi) is 7.08. The third-order valence-corrected chi connectivity index (χ3v) is 3.29. The minimum Gasteiger partial charge on any atom is -0.504 e. The van der Waals surface area contributed by atoms with Crippen molar-refractivity contribution in [2.75, 3.05) is 12.4 Å². The minimum absolute atomic E-state index is 0.0169. The number of hydrogen-bond donors (Lipinski definition) is 3. The molecular formula is C17H18N2O7. The van der Waals surface area contributed by atoms with Crippen molar-refractivity contribution in [2.24, 2.45) is 0 Å². The van der Waals surface area contributed by atoms with E-state index in [0.717, 1.165) is 6.08 Å². The van der Waals surface area contributed by atoms with Crippen molar-refractivity contribution in [3.8, 4) is 0 Å². The average Bonchev–Trinajstić information content (AvgIpc) is 2.60. The van der Waals surface area contributed by atoms with Gasteiger partial charge in [0.15, 0.2) is 5.76 Å². The van der Waals surface area contributed by atoms with Crippen LogP contribution in [0.4, 0.5) is 5.69 Å². The number of methoxy groups -OCH3 is 1. The molecule has 0 unspecified atom stereocenters. The van der Waals surface area contributed by atoms with Gasteiger partial charge in [-0.25, -0.2) is 4.79 Å². The molecule has 0 bridgehead atoms. The van der Waals surface area contributed by atoms with Crippen molar-refractivity contribution in [1.29, 1.82) is 0 Å². The zero-order chi connectivity index (χ0) is 19.9. The van der Waals surface area contributed by atoms with Crippen LogP contribution in [0.3, 0.4) is 0 Å². The standard InChI is InChI=1S/C17H18N2O7/c1-4-13(19(24)25)16(22)15(21)10(2)9-14(20)18-12-8-6-5-7-11(12)17(23)26-3/h4-8,21-22H,1,9H2,2-3H3,(H,18,20)/b15-10-,16-13-. The largest absolute Gasteiger partial charge is 0.504 e. The van der Waals surface area contributed by atoms with Gasteiger partial charge in [0, 0.05) is 6.08 Å². The highest BCUT2D eigenvalue weighted by Gasteiger charge is 2.21. The van der Waals surface area contributed by atoms with Crippen molar-refractivity contribution in [1.82, 2.24) is 0 Å². The van der Waals surface area contributed by atoms with Gasteiger partial charge in [0.2, 0.25) is 11.7 Å². The number of nitrogens with zero attached hydrogens (tertiary/aromatic N) is 1. The van der Waals surface area contributed by atoms with Crippen LogP contribution < -0.4 is 5.32 Å². The Hall–Kier alpha value is -3.62. The van der Waals surface area contributed by atoms with Crippen LogP contribution in [0.1, 0.15) is 23.7 Å². The van der Waals surface area contributed by atoms with Crippen LogP contribution in [0.2, 0.25) is 0 Å². The summed E-state index contributed by atoms with van der Waals surface area (Å²) in [6, 6.07) is 6.15. The highest BCUT2D eigenvalue weighted by atomic mass is 16.6. The number of aliphatic hydroxyl groups excluding tert-OH is 2. The van der Waals surface area contributed by atoms with Gasteiger partial charge in [0.1, 0.15) is 0 Å². The number of amides is 1. The number of rotatable bonds is 7. The molecule has 9 heteroatoms. The number of carbonyl (C=O) groups excluding carboxylic acids is 2. The molecule has 0 aliphatic rings. The van der Waals surface area contributed by atoms with E-state index in [2.05, 4.69) is 16.6 Å². The first kappa shape index (κ1) is 20.4. The fourth-order valence-electron chi connectivity index (χ4n) is 1.98. The van der Waals surface area contributed by atoms with E-state index in [1.807, 2.05) is 0 Å². The van der Waals surface area contributed by atoms with Crippen LogP contribution in [0, 0.1) is 10.1 Å². The Bertz CT molecular complexity index is 809. The quantitative estimate of drug-likeness (QED) is 0.223. The third kappa shape index (κ3) is 4.94. The van der Waals surface area contributed by atoms with Crippen LogP contribution in [0.15, 0.2) is 59.7 Å². The van der Waals surface area contributed by atoms with Gasteiger partial charge in [0.25, 0.3) is 0 Å². The molecule has 1 rings (SSSR count). The van der Waals surface area contributed by atoms with Crippen LogP contribution in [-0.2, 0) is 9.53 Å². The molecule has 1 aromatic rings. The molecule has 26 heavy (non-hydrogen) atoms. The van der Waals surface area contributed by atoms with E-state index in [1.54, 1.807) is 12.1 Å². The molecule has 0 spiro atoms. The molecule has 1 amide bonds. The molecule has 0 saturated heterocycles. The number of anilines is 1. The number of allylic oxidation sites excluding steroid dienone is 1. The van der Waals surface area contributed by atoms with E-state index in [4.69, 9.17) is 0 Å². The molecule has 138 valence electrons. The number of aliphatic hydroxyl groups is 2. The second-order valence-electron chi connectivity index (χ2n) is 5.09. The normalized spacial score (nSPS) is 12.4. The van der Waals surface area contributed by atoms with E-state index in [9.17, 15) is 29.9 Å². The lowest BCUT2D eigenvalue weighted by molar-refractivity contribution is -0.421. The Balaban J connectivity index is 3.03. The summed E-state index contributed by atoms with van der Waals surface area (Å²) in [6.45, 7) is 4.50. The number of ether oxygens (including phenoxy) is 1. The van der Waals surface area contributed by atoms with Gasteiger partial charge in [-0.05, 0) is 24.6 Å². The number of para-hydroxylation sites is 1. The van der Waals surface area contributed by atoms with E-state index in [1.165, 1.54) is 26.2 Å². The van der Waals surface area contributed by atoms with Gasteiger partial charge in [-0.1, -0.05) is 18.7 Å². The van der Waals surface area contributed by atoms with Gasteiger partial charge in [-0.2, -0.15) is 0 Å². The van der Waals surface area contributed by atoms with E-state index < -0.39 is 34.0 Å². The Morgan fingerprint density at radius 3 is 2.46 bits per heavy atom. The fraction of sp³-hybridized carbons (Fsp3) is 0.176. The van der Waals surface area contributed by atoms with Crippen LogP contribution >= 0.6 is 0 Å². The molecule has 0 fully saturated rings. The Morgan fingerprint density at radius 1 is 1.31 bits per heavy atom. The summed E-state index contributed by atoms with van der Waals surface area (Å²) >= 11 is 0. The molecule has 0 aromatic heterocycles. The molecule has 0 aliphatic carbocycles. The van der Waals surface area contributed by atoms with Crippen molar-refractivity contribution in [2.45, 2.75) is 13.3 Å². The molecule has 0 saturated carbocycles. The maximum atomic E-state index is 12.1. The average molecular weight is 362 g/mol. The molecule has 1 aromatic carbocycles. The molecule has 9 nitrogen and oxygen atoms in total. The molecule has 0 heterocycles. The second-order valence-corrected chi connectivity index (χ2v) is 5.09. The zero-order valence-corrected chi connectivity index (χ0v) is 14.2. The van der Waals surface area contributed by atoms with Crippen molar-refractivity contribution >= 4 is 17.6 Å². The number of esters is 1. The van der Waals surface area contributed by atoms with E-state index in [-0.39, 0.29) is 23.2 Å². The Labute approximate surface area is 149 Å². The SMILES string of the molecule is C=C/C(=C(O)\C(O)=C(/C)CC(=O)Nc1ccccc1C(=O)OC)[N+](=O)[O-]. The molecule has 3 N–H and O–H groups in total. The summed E-state index contributed by atoms with van der Waals surface area (Å²) in [5, 5.41) is 32.9. The lowest BCUT2D eigenvalue weighted by Crippen LogP contribution is -2.16. The summed E-state index contributed by atoms with van der Waals surface area (Å²) in [4.78, 5) is 33.6. The predicted molar refractivity (Wildman–Crippen MR) is 93.2 cm³/mol. The molecule has 0 radical (unpaired) electrons. The first-order valence-corrected chi connectivity index (χ1v) is 7.29. The Morgan fingerprint density at radius 2 is 1.92 bits per heavy atom. The van der Waals surface area contributed by atoms with Crippen molar-refractivity contribution in [3.05, 3.63) is 75.4 Å². The van der Waals surface area contributed by atoms with Gasteiger partial charge in [0.05, 0.1) is 29.7 Å². The summed E-state index contributed by atoms with van der Waals surface area (Å²) in [6.07, 6.45) is 0.388. The van der Waals surface area contributed by atoms with Crippen LogP contribution in [0.25, 0.3) is 0 Å². The molecule has 0 aliphatic heterocycles. The number of carbonyl (C=O) groups is 2. The third-order valence-electron chi connectivity index (χ3n) is 3.29. The number of benzene rings is 1. The first-order chi connectivity index (χ1) is 12.2. The van der Waals surface area contributed by atoms with Gasteiger partial charge < -0.3 is 20.3 Å².